The minimum Gasteiger partial charge on any atom is -0.461 e. The summed E-state index contributed by atoms with van der Waals surface area (Å²) in [5.41, 5.74) is 4.62. The Kier molecular flexibility index (Phi) is 4.19. The fourth-order valence-electron chi connectivity index (χ4n) is 4.27. The molecule has 0 saturated carbocycles. The zero-order chi connectivity index (χ0) is 20.0. The van der Waals surface area contributed by atoms with Crippen molar-refractivity contribution in [3.63, 3.8) is 0 Å². The van der Waals surface area contributed by atoms with Crippen molar-refractivity contribution in [1.82, 2.24) is 19.4 Å². The maximum absolute atomic E-state index is 13.1. The Morgan fingerprint density at radius 3 is 2.72 bits per heavy atom. The lowest BCUT2D eigenvalue weighted by molar-refractivity contribution is 0.0787. The van der Waals surface area contributed by atoms with Gasteiger partial charge in [-0.1, -0.05) is 17.2 Å². The lowest BCUT2D eigenvalue weighted by atomic mass is 10.1. The summed E-state index contributed by atoms with van der Waals surface area (Å²) < 4.78 is 7.76. The second-order valence-electron chi connectivity index (χ2n) is 7.70. The predicted octanol–water partition coefficient (Wildman–Crippen LogP) is 4.40. The van der Waals surface area contributed by atoms with Crippen LogP contribution < -0.4 is 0 Å². The van der Waals surface area contributed by atoms with E-state index in [1.54, 1.807) is 12.5 Å². The number of nitrogens with zero attached hydrogens (tertiary/aromatic N) is 4. The number of hydrogen-bond donors (Lipinski definition) is 0. The van der Waals surface area contributed by atoms with Crippen molar-refractivity contribution in [1.29, 1.82) is 0 Å². The number of aryl methyl sites for hydroxylation is 2. The molecule has 1 saturated heterocycles. The smallest absolute Gasteiger partial charge is 0.253 e. The van der Waals surface area contributed by atoms with Crippen LogP contribution in [0.4, 0.5) is 0 Å². The van der Waals surface area contributed by atoms with E-state index in [9.17, 15) is 4.79 Å². The Labute approximate surface area is 168 Å². The average Bonchev–Trinajstić information content (AvgIpc) is 3.44. The van der Waals surface area contributed by atoms with Crippen LogP contribution >= 0.6 is 0 Å². The molecule has 6 heteroatoms. The van der Waals surface area contributed by atoms with Gasteiger partial charge in [0.2, 0.25) is 0 Å². The summed E-state index contributed by atoms with van der Waals surface area (Å²) >= 11 is 0. The number of amides is 1. The number of imidazole rings is 1. The third-order valence-corrected chi connectivity index (χ3v) is 5.47. The summed E-state index contributed by atoms with van der Waals surface area (Å²) in [6, 6.07) is 13.7. The lowest BCUT2D eigenvalue weighted by Crippen LogP contribution is -2.29. The van der Waals surface area contributed by atoms with Crippen molar-refractivity contribution in [3.05, 3.63) is 71.6 Å². The molecule has 146 valence electrons. The van der Waals surface area contributed by atoms with Gasteiger partial charge in [0.15, 0.2) is 17.2 Å². The van der Waals surface area contributed by atoms with Crippen LogP contribution in [0, 0.1) is 13.8 Å². The summed E-state index contributed by atoms with van der Waals surface area (Å²) in [6.07, 6.45) is 4.28. The maximum Gasteiger partial charge on any atom is 0.253 e. The number of fused-ring (bicyclic) bond motifs is 1. The molecule has 1 atom stereocenters. The van der Waals surface area contributed by atoms with Crippen LogP contribution in [0.2, 0.25) is 0 Å². The highest BCUT2D eigenvalue weighted by molar-refractivity contribution is 5.94. The third kappa shape index (κ3) is 3.10. The van der Waals surface area contributed by atoms with Gasteiger partial charge in [-0.05, 0) is 56.7 Å². The highest BCUT2D eigenvalue weighted by Crippen LogP contribution is 2.32. The van der Waals surface area contributed by atoms with Crippen LogP contribution in [0.5, 0.6) is 0 Å². The van der Waals surface area contributed by atoms with Gasteiger partial charge < -0.3 is 13.9 Å². The van der Waals surface area contributed by atoms with E-state index in [0.717, 1.165) is 40.1 Å². The van der Waals surface area contributed by atoms with E-state index < -0.39 is 0 Å². The van der Waals surface area contributed by atoms with E-state index in [4.69, 9.17) is 9.40 Å². The molecule has 0 bridgehead atoms. The molecule has 4 heterocycles. The molecule has 0 aliphatic carbocycles. The second kappa shape index (κ2) is 6.88. The zero-order valence-corrected chi connectivity index (χ0v) is 16.5. The van der Waals surface area contributed by atoms with E-state index in [1.807, 2.05) is 55.1 Å². The number of benzene rings is 1. The molecule has 1 unspecified atom stereocenters. The minimum atomic E-state index is 0.0798. The molecular weight excluding hydrogens is 364 g/mol. The van der Waals surface area contributed by atoms with Gasteiger partial charge in [-0.2, -0.15) is 0 Å². The van der Waals surface area contributed by atoms with E-state index >= 15 is 0 Å². The Hall–Kier alpha value is -3.41. The summed E-state index contributed by atoms with van der Waals surface area (Å²) in [6.45, 7) is 5.38. The van der Waals surface area contributed by atoms with Crippen molar-refractivity contribution in [2.24, 2.45) is 0 Å². The zero-order valence-electron chi connectivity index (χ0n) is 16.5. The Morgan fingerprint density at radius 1 is 1.14 bits per heavy atom. The number of carbonyl (C=O) groups is 1. The first kappa shape index (κ1) is 17.7. The first-order valence-corrected chi connectivity index (χ1v) is 9.84. The van der Waals surface area contributed by atoms with Gasteiger partial charge in [-0.15, -0.1) is 0 Å². The van der Waals surface area contributed by atoms with Gasteiger partial charge in [-0.25, -0.2) is 9.97 Å². The monoisotopic (exact) mass is 386 g/mol. The quantitative estimate of drug-likeness (QED) is 0.524. The van der Waals surface area contributed by atoms with Crippen molar-refractivity contribution in [3.8, 4) is 11.6 Å². The Bertz CT molecular complexity index is 1170. The van der Waals surface area contributed by atoms with Crippen molar-refractivity contribution < 1.29 is 9.21 Å². The summed E-state index contributed by atoms with van der Waals surface area (Å²) in [7, 11) is 0. The van der Waals surface area contributed by atoms with Gasteiger partial charge in [0.1, 0.15) is 5.52 Å². The van der Waals surface area contributed by atoms with E-state index in [-0.39, 0.29) is 11.9 Å². The fourth-order valence-corrected chi connectivity index (χ4v) is 4.27. The molecular formula is C23H22N4O2. The number of furan rings is 1. The van der Waals surface area contributed by atoms with Gasteiger partial charge in [0.25, 0.3) is 5.91 Å². The SMILES string of the molecule is Cc1cc(C)cc(C(=O)N2CCC(n3c(-c4ccco4)nc4cccnc43)C2)c1. The molecule has 29 heavy (non-hydrogen) atoms. The molecule has 1 aromatic carbocycles. The second-order valence-corrected chi connectivity index (χ2v) is 7.70. The van der Waals surface area contributed by atoms with Gasteiger partial charge in [0.05, 0.1) is 12.3 Å². The molecule has 4 aromatic rings. The van der Waals surface area contributed by atoms with Crippen molar-refractivity contribution in [2.45, 2.75) is 26.3 Å². The molecule has 1 aliphatic heterocycles. The van der Waals surface area contributed by atoms with E-state index in [1.165, 1.54) is 0 Å². The number of aromatic nitrogens is 3. The average molecular weight is 386 g/mol. The maximum atomic E-state index is 13.1. The first-order valence-electron chi connectivity index (χ1n) is 9.84. The van der Waals surface area contributed by atoms with Crippen LogP contribution in [-0.2, 0) is 0 Å². The number of rotatable bonds is 3. The number of pyridine rings is 1. The van der Waals surface area contributed by atoms with Gasteiger partial charge in [0, 0.05) is 24.8 Å². The molecule has 1 amide bonds. The van der Waals surface area contributed by atoms with Crippen LogP contribution in [0.1, 0.15) is 33.9 Å². The third-order valence-electron chi connectivity index (χ3n) is 5.47. The predicted molar refractivity (Wildman–Crippen MR) is 111 cm³/mol. The molecule has 6 nitrogen and oxygen atoms in total. The van der Waals surface area contributed by atoms with Crippen LogP contribution in [0.3, 0.4) is 0 Å². The molecule has 1 fully saturated rings. The summed E-state index contributed by atoms with van der Waals surface area (Å²) in [4.78, 5) is 24.4. The van der Waals surface area contributed by atoms with Crippen LogP contribution in [0.15, 0.2) is 59.3 Å². The normalized spacial score (nSPS) is 16.6. The van der Waals surface area contributed by atoms with Gasteiger partial charge >= 0.3 is 0 Å². The molecule has 3 aromatic heterocycles. The number of likely N-dealkylation sites (tertiary alicyclic amines) is 1. The van der Waals surface area contributed by atoms with E-state index in [0.29, 0.717) is 18.8 Å². The number of hydrogen-bond acceptors (Lipinski definition) is 4. The van der Waals surface area contributed by atoms with Crippen LogP contribution in [0.25, 0.3) is 22.7 Å². The highest BCUT2D eigenvalue weighted by Gasteiger charge is 2.31. The molecule has 5 rings (SSSR count). The largest absolute Gasteiger partial charge is 0.461 e. The minimum absolute atomic E-state index is 0.0798. The molecule has 0 N–H and O–H groups in total. The molecule has 1 aliphatic rings. The summed E-state index contributed by atoms with van der Waals surface area (Å²) in [5.74, 6) is 1.55. The van der Waals surface area contributed by atoms with E-state index in [2.05, 4.69) is 15.6 Å². The van der Waals surface area contributed by atoms with Crippen molar-refractivity contribution >= 4 is 17.1 Å². The summed E-state index contributed by atoms with van der Waals surface area (Å²) in [5, 5.41) is 0. The van der Waals surface area contributed by atoms with Gasteiger partial charge in [-0.3, -0.25) is 4.79 Å². The standard InChI is InChI=1S/C23H22N4O2/c1-15-11-16(2)13-17(12-15)23(28)26-9-7-18(14-26)27-21-19(5-3-8-24-21)25-22(27)20-6-4-10-29-20/h3-6,8,10-13,18H,7,9,14H2,1-2H3. The number of carbonyl (C=O) groups excluding carboxylic acids is 1. The molecule has 0 radical (unpaired) electrons. The lowest BCUT2D eigenvalue weighted by Gasteiger charge is -2.19. The van der Waals surface area contributed by atoms with Crippen LogP contribution in [-0.4, -0.2) is 38.4 Å². The Balaban J connectivity index is 1.49. The fraction of sp³-hybridized carbons (Fsp3) is 0.261. The first-order chi connectivity index (χ1) is 14.1. The Morgan fingerprint density at radius 2 is 1.97 bits per heavy atom. The molecule has 0 spiro atoms. The highest BCUT2D eigenvalue weighted by atomic mass is 16.3. The topological polar surface area (TPSA) is 64.2 Å². The van der Waals surface area contributed by atoms with Crippen molar-refractivity contribution in [2.75, 3.05) is 13.1 Å².